The first-order valence-electron chi connectivity index (χ1n) is 10.4. The molecule has 0 saturated carbocycles. The zero-order valence-corrected chi connectivity index (χ0v) is 20.1. The lowest BCUT2D eigenvalue weighted by molar-refractivity contribution is -0.118. The predicted octanol–water partition coefficient (Wildman–Crippen LogP) is 5.77. The van der Waals surface area contributed by atoms with Crippen LogP contribution in [0.1, 0.15) is 28.4 Å². The quantitative estimate of drug-likeness (QED) is 0.264. The molecule has 0 aliphatic carbocycles. The molecule has 35 heavy (non-hydrogen) atoms. The van der Waals surface area contributed by atoms with Gasteiger partial charge >= 0.3 is 5.97 Å². The van der Waals surface area contributed by atoms with E-state index in [-0.39, 0.29) is 12.2 Å². The molecule has 0 aliphatic rings. The van der Waals surface area contributed by atoms with Crippen LogP contribution in [0.5, 0.6) is 11.5 Å². The second kappa shape index (κ2) is 11.8. The fraction of sp³-hybridized carbons (Fsp3) is 0.115. The van der Waals surface area contributed by atoms with Crippen molar-refractivity contribution < 1.29 is 28.6 Å². The van der Waals surface area contributed by atoms with Gasteiger partial charge in [0.25, 0.3) is 5.91 Å². The van der Waals surface area contributed by atoms with Gasteiger partial charge in [-0.1, -0.05) is 28.1 Å². The predicted molar refractivity (Wildman–Crippen MR) is 133 cm³/mol. The minimum atomic E-state index is -1.05. The van der Waals surface area contributed by atoms with Crippen LogP contribution in [0.4, 0.5) is 10.1 Å². The molecule has 3 aromatic carbocycles. The molecular weight excluding hydrogens is 519 g/mol. The molecule has 0 aliphatic heterocycles. The van der Waals surface area contributed by atoms with E-state index in [1.165, 1.54) is 36.4 Å². The standard InChI is InChI=1S/C26H20BrFN2O5/c1-2-34-23-12-18(11-19(14-29)16-3-5-17(6-4-16)26(32)33)22(27)13-24(23)35-15-25(31)30-21-9-7-20(28)8-10-21/h3-13H,2,15H2,1H3,(H,30,31)(H,32,33)/b19-11-. The Bertz CT molecular complexity index is 1300. The van der Waals surface area contributed by atoms with E-state index in [0.29, 0.717) is 45.0 Å². The number of anilines is 1. The van der Waals surface area contributed by atoms with E-state index in [0.717, 1.165) is 0 Å². The molecule has 0 heterocycles. The number of nitrogens with one attached hydrogen (secondary N) is 1. The molecule has 0 unspecified atom stereocenters. The van der Waals surface area contributed by atoms with Crippen molar-refractivity contribution in [2.24, 2.45) is 0 Å². The van der Waals surface area contributed by atoms with Crippen LogP contribution in [0.3, 0.4) is 0 Å². The lowest BCUT2D eigenvalue weighted by atomic mass is 10.0. The maximum absolute atomic E-state index is 13.0. The summed E-state index contributed by atoms with van der Waals surface area (Å²) in [6.07, 6.45) is 1.63. The van der Waals surface area contributed by atoms with Gasteiger partial charge in [0.2, 0.25) is 0 Å². The highest BCUT2D eigenvalue weighted by Crippen LogP contribution is 2.35. The number of carboxylic acid groups (broad SMARTS) is 1. The number of carboxylic acids is 1. The first-order chi connectivity index (χ1) is 16.8. The highest BCUT2D eigenvalue weighted by atomic mass is 79.9. The number of carbonyl (C=O) groups excluding carboxylic acids is 1. The zero-order chi connectivity index (χ0) is 25.4. The van der Waals surface area contributed by atoms with Gasteiger partial charge in [0.15, 0.2) is 18.1 Å². The van der Waals surface area contributed by atoms with Gasteiger partial charge in [0, 0.05) is 10.2 Å². The summed E-state index contributed by atoms with van der Waals surface area (Å²) >= 11 is 3.46. The van der Waals surface area contributed by atoms with E-state index in [2.05, 4.69) is 27.3 Å². The first kappa shape index (κ1) is 25.5. The van der Waals surface area contributed by atoms with Crippen molar-refractivity contribution in [3.8, 4) is 17.6 Å². The first-order valence-corrected chi connectivity index (χ1v) is 11.2. The largest absolute Gasteiger partial charge is 0.490 e. The monoisotopic (exact) mass is 538 g/mol. The fourth-order valence-electron chi connectivity index (χ4n) is 3.04. The molecule has 3 rings (SSSR count). The molecule has 0 aromatic heterocycles. The van der Waals surface area contributed by atoms with Gasteiger partial charge in [-0.2, -0.15) is 5.26 Å². The number of allylic oxidation sites excluding steroid dienone is 1. The number of nitriles is 1. The third-order valence-corrected chi connectivity index (χ3v) is 5.40. The van der Waals surface area contributed by atoms with Crippen molar-refractivity contribution in [3.05, 3.63) is 87.6 Å². The van der Waals surface area contributed by atoms with Gasteiger partial charge in [0.1, 0.15) is 5.82 Å². The zero-order valence-electron chi connectivity index (χ0n) is 18.5. The number of ether oxygens (including phenoxy) is 2. The van der Waals surface area contributed by atoms with Crippen LogP contribution in [0, 0.1) is 17.1 Å². The molecule has 0 bridgehead atoms. The van der Waals surface area contributed by atoms with E-state index < -0.39 is 17.7 Å². The van der Waals surface area contributed by atoms with Crippen LogP contribution in [-0.4, -0.2) is 30.2 Å². The summed E-state index contributed by atoms with van der Waals surface area (Å²) in [6, 6.07) is 16.8. The van der Waals surface area contributed by atoms with E-state index in [9.17, 15) is 19.2 Å². The number of hydrogen-bond acceptors (Lipinski definition) is 5. The third-order valence-electron chi connectivity index (χ3n) is 4.71. The van der Waals surface area contributed by atoms with Crippen molar-refractivity contribution in [1.29, 1.82) is 5.26 Å². The summed E-state index contributed by atoms with van der Waals surface area (Å²) in [7, 11) is 0. The van der Waals surface area contributed by atoms with Crippen molar-refractivity contribution in [2.75, 3.05) is 18.5 Å². The van der Waals surface area contributed by atoms with Crippen LogP contribution >= 0.6 is 15.9 Å². The van der Waals surface area contributed by atoms with Gasteiger partial charge in [-0.05, 0) is 72.7 Å². The molecule has 0 atom stereocenters. The Balaban J connectivity index is 1.81. The topological polar surface area (TPSA) is 109 Å². The lowest BCUT2D eigenvalue weighted by Gasteiger charge is -2.14. The summed E-state index contributed by atoms with van der Waals surface area (Å²) in [6.45, 7) is 1.83. The summed E-state index contributed by atoms with van der Waals surface area (Å²) in [5.74, 6) is -1.21. The Kier molecular flexibility index (Phi) is 8.59. The lowest BCUT2D eigenvalue weighted by Crippen LogP contribution is -2.20. The second-order valence-corrected chi connectivity index (χ2v) is 8.00. The van der Waals surface area contributed by atoms with Crippen LogP contribution in [0.2, 0.25) is 0 Å². The van der Waals surface area contributed by atoms with Crippen LogP contribution in [-0.2, 0) is 4.79 Å². The third kappa shape index (κ3) is 6.91. The highest BCUT2D eigenvalue weighted by molar-refractivity contribution is 9.10. The molecule has 9 heteroatoms. The number of hydrogen-bond donors (Lipinski definition) is 2. The fourth-order valence-corrected chi connectivity index (χ4v) is 3.48. The van der Waals surface area contributed by atoms with E-state index in [1.807, 2.05) is 0 Å². The van der Waals surface area contributed by atoms with Gasteiger partial charge < -0.3 is 19.9 Å². The maximum atomic E-state index is 13.0. The number of carbonyl (C=O) groups is 2. The molecule has 0 saturated heterocycles. The van der Waals surface area contributed by atoms with Crippen molar-refractivity contribution >= 4 is 45.1 Å². The highest BCUT2D eigenvalue weighted by Gasteiger charge is 2.14. The Labute approximate surface area is 209 Å². The SMILES string of the molecule is CCOc1cc(/C=C(/C#N)c2ccc(C(=O)O)cc2)c(Br)cc1OCC(=O)Nc1ccc(F)cc1. The number of amides is 1. The molecule has 7 nitrogen and oxygen atoms in total. The van der Waals surface area contributed by atoms with Crippen molar-refractivity contribution in [1.82, 2.24) is 0 Å². The number of nitrogens with zero attached hydrogens (tertiary/aromatic N) is 1. The Morgan fingerprint density at radius 3 is 2.29 bits per heavy atom. The average molecular weight is 539 g/mol. The maximum Gasteiger partial charge on any atom is 0.335 e. The Morgan fingerprint density at radius 2 is 1.69 bits per heavy atom. The number of aromatic carboxylic acids is 1. The van der Waals surface area contributed by atoms with E-state index >= 15 is 0 Å². The van der Waals surface area contributed by atoms with Gasteiger partial charge in [0.05, 0.1) is 23.8 Å². The molecule has 0 fully saturated rings. The number of benzene rings is 3. The molecule has 0 radical (unpaired) electrons. The van der Waals surface area contributed by atoms with Gasteiger partial charge in [-0.3, -0.25) is 4.79 Å². The molecule has 1 amide bonds. The normalized spacial score (nSPS) is 10.9. The minimum Gasteiger partial charge on any atom is -0.490 e. The van der Waals surface area contributed by atoms with E-state index in [1.54, 1.807) is 37.3 Å². The van der Waals surface area contributed by atoms with Crippen molar-refractivity contribution in [2.45, 2.75) is 6.92 Å². The average Bonchev–Trinajstić information content (AvgIpc) is 2.84. The van der Waals surface area contributed by atoms with E-state index in [4.69, 9.17) is 14.6 Å². The Hall–Kier alpha value is -4.16. The molecular formula is C26H20BrFN2O5. The van der Waals surface area contributed by atoms with Crippen LogP contribution < -0.4 is 14.8 Å². The smallest absolute Gasteiger partial charge is 0.335 e. The van der Waals surface area contributed by atoms with Crippen LogP contribution in [0.25, 0.3) is 11.6 Å². The summed E-state index contributed by atoms with van der Waals surface area (Å²) in [5.41, 5.74) is 2.05. The minimum absolute atomic E-state index is 0.121. The summed E-state index contributed by atoms with van der Waals surface area (Å²) in [4.78, 5) is 23.3. The summed E-state index contributed by atoms with van der Waals surface area (Å²) < 4.78 is 24.9. The molecule has 2 N–H and O–H groups in total. The molecule has 3 aromatic rings. The van der Waals surface area contributed by atoms with Gasteiger partial charge in [-0.15, -0.1) is 0 Å². The van der Waals surface area contributed by atoms with Crippen LogP contribution in [0.15, 0.2) is 65.1 Å². The number of halogens is 2. The summed E-state index contributed by atoms with van der Waals surface area (Å²) in [5, 5.41) is 21.3. The molecule has 178 valence electrons. The molecule has 0 spiro atoms. The second-order valence-electron chi connectivity index (χ2n) is 7.15. The van der Waals surface area contributed by atoms with Crippen molar-refractivity contribution in [3.63, 3.8) is 0 Å². The Morgan fingerprint density at radius 1 is 1.06 bits per heavy atom. The van der Waals surface area contributed by atoms with Gasteiger partial charge in [-0.25, -0.2) is 9.18 Å². The number of rotatable bonds is 9.